The van der Waals surface area contributed by atoms with Gasteiger partial charge < -0.3 is 10.6 Å². The molecule has 1 aliphatic carbocycles. The second-order valence-electron chi connectivity index (χ2n) is 6.94. The highest BCUT2D eigenvalue weighted by molar-refractivity contribution is 7.89. The van der Waals surface area contributed by atoms with E-state index in [-0.39, 0.29) is 10.8 Å². The lowest BCUT2D eigenvalue weighted by atomic mass is 9.81. The highest BCUT2D eigenvalue weighted by atomic mass is 32.2. The van der Waals surface area contributed by atoms with Gasteiger partial charge in [0.05, 0.1) is 4.90 Å². The first kappa shape index (κ1) is 18.3. The maximum atomic E-state index is 13.4. The monoisotopic (exact) mass is 369 g/mol. The summed E-state index contributed by atoms with van der Waals surface area (Å²) >= 11 is 0. The van der Waals surface area contributed by atoms with Crippen molar-refractivity contribution in [2.75, 3.05) is 19.6 Å². The summed E-state index contributed by atoms with van der Waals surface area (Å²) in [6, 6.07) is 4.84. The van der Waals surface area contributed by atoms with Crippen LogP contribution in [0.3, 0.4) is 0 Å². The zero-order valence-electron chi connectivity index (χ0n) is 14.1. The Morgan fingerprint density at radius 1 is 1.24 bits per heavy atom. The normalized spacial score (nSPS) is 20.7. The fourth-order valence-corrected chi connectivity index (χ4v) is 4.83. The minimum atomic E-state index is -3.98. The summed E-state index contributed by atoms with van der Waals surface area (Å²) in [5.41, 5.74) is -1.15. The lowest BCUT2D eigenvalue weighted by molar-refractivity contribution is -0.128. The van der Waals surface area contributed by atoms with E-state index in [0.717, 1.165) is 38.4 Å². The Kier molecular flexibility index (Phi) is 5.41. The maximum Gasteiger partial charge on any atom is 0.241 e. The SMILES string of the molecule is O=C(NCC1CNC1)C1(NS(=O)(=O)c2cccc(F)c2)CCCCC1. The molecule has 6 nitrogen and oxygen atoms in total. The number of carbonyl (C=O) groups excluding carboxylic acids is 1. The molecule has 0 radical (unpaired) electrons. The fraction of sp³-hybridized carbons (Fsp3) is 0.588. The molecule has 1 heterocycles. The molecule has 1 aromatic carbocycles. The van der Waals surface area contributed by atoms with Gasteiger partial charge >= 0.3 is 0 Å². The zero-order valence-corrected chi connectivity index (χ0v) is 14.9. The summed E-state index contributed by atoms with van der Waals surface area (Å²) in [5.74, 6) is -0.508. The Hall–Kier alpha value is -1.51. The first-order chi connectivity index (χ1) is 11.9. The van der Waals surface area contributed by atoms with Gasteiger partial charge in [-0.15, -0.1) is 0 Å². The van der Waals surface area contributed by atoms with Crippen molar-refractivity contribution in [3.05, 3.63) is 30.1 Å². The van der Waals surface area contributed by atoms with Gasteiger partial charge in [0.15, 0.2) is 0 Å². The third kappa shape index (κ3) is 4.19. The third-order valence-electron chi connectivity index (χ3n) is 5.00. The Bertz CT molecular complexity index is 728. The van der Waals surface area contributed by atoms with Gasteiger partial charge in [0, 0.05) is 25.6 Å². The Morgan fingerprint density at radius 2 is 1.96 bits per heavy atom. The molecule has 0 atom stereocenters. The minimum Gasteiger partial charge on any atom is -0.354 e. The first-order valence-electron chi connectivity index (χ1n) is 8.70. The Labute approximate surface area is 147 Å². The molecule has 3 rings (SSSR count). The third-order valence-corrected chi connectivity index (χ3v) is 6.53. The van der Waals surface area contributed by atoms with Crippen LogP contribution in [0.15, 0.2) is 29.2 Å². The van der Waals surface area contributed by atoms with Gasteiger partial charge in [0.1, 0.15) is 11.4 Å². The van der Waals surface area contributed by atoms with Crippen LogP contribution in [0.25, 0.3) is 0 Å². The van der Waals surface area contributed by atoms with Crippen LogP contribution in [0.5, 0.6) is 0 Å². The fourth-order valence-electron chi connectivity index (χ4n) is 3.38. The van der Waals surface area contributed by atoms with Gasteiger partial charge in [-0.3, -0.25) is 4.79 Å². The van der Waals surface area contributed by atoms with Crippen LogP contribution >= 0.6 is 0 Å². The van der Waals surface area contributed by atoms with E-state index < -0.39 is 21.4 Å². The maximum absolute atomic E-state index is 13.4. The summed E-state index contributed by atoms with van der Waals surface area (Å²) in [7, 11) is -3.98. The first-order valence-corrected chi connectivity index (χ1v) is 10.2. The van der Waals surface area contributed by atoms with Gasteiger partial charge in [0.25, 0.3) is 0 Å². The van der Waals surface area contributed by atoms with E-state index in [1.165, 1.54) is 18.2 Å². The number of sulfonamides is 1. The van der Waals surface area contributed by atoms with Crippen molar-refractivity contribution < 1.29 is 17.6 Å². The molecule has 1 amide bonds. The number of benzene rings is 1. The van der Waals surface area contributed by atoms with Crippen LogP contribution in [0.2, 0.25) is 0 Å². The van der Waals surface area contributed by atoms with E-state index in [1.807, 2.05) is 0 Å². The van der Waals surface area contributed by atoms with Crippen molar-refractivity contribution in [3.8, 4) is 0 Å². The lowest BCUT2D eigenvalue weighted by Crippen LogP contribution is -2.61. The minimum absolute atomic E-state index is 0.159. The predicted octanol–water partition coefficient (Wildman–Crippen LogP) is 1.14. The van der Waals surface area contributed by atoms with Crippen LogP contribution in [-0.4, -0.2) is 39.5 Å². The smallest absolute Gasteiger partial charge is 0.241 e. The quantitative estimate of drug-likeness (QED) is 0.702. The van der Waals surface area contributed by atoms with Crippen LogP contribution in [0.1, 0.15) is 32.1 Å². The highest BCUT2D eigenvalue weighted by Crippen LogP contribution is 2.30. The molecule has 1 aromatic rings. The summed E-state index contributed by atoms with van der Waals surface area (Å²) < 4.78 is 41.4. The molecular weight excluding hydrogens is 345 g/mol. The van der Waals surface area contributed by atoms with E-state index in [0.29, 0.717) is 25.3 Å². The summed E-state index contributed by atoms with van der Waals surface area (Å²) in [6.45, 7) is 2.26. The molecule has 2 fully saturated rings. The molecule has 1 saturated heterocycles. The number of halogens is 1. The Balaban J connectivity index is 1.78. The number of rotatable bonds is 6. The lowest BCUT2D eigenvalue weighted by Gasteiger charge is -2.37. The van der Waals surface area contributed by atoms with E-state index in [9.17, 15) is 17.6 Å². The molecule has 0 bridgehead atoms. The molecule has 25 heavy (non-hydrogen) atoms. The second-order valence-corrected chi connectivity index (χ2v) is 8.62. The highest BCUT2D eigenvalue weighted by Gasteiger charge is 2.43. The van der Waals surface area contributed by atoms with Crippen LogP contribution < -0.4 is 15.4 Å². The van der Waals surface area contributed by atoms with Crippen molar-refractivity contribution in [2.24, 2.45) is 5.92 Å². The number of amides is 1. The standard InChI is InChI=1S/C17H24FN3O3S/c18-14-5-4-6-15(9-14)25(23,24)21-17(7-2-1-3-8-17)16(22)20-12-13-10-19-11-13/h4-6,9,13,19,21H,1-3,7-8,10-12H2,(H,20,22). The van der Waals surface area contributed by atoms with Crippen LogP contribution in [0, 0.1) is 11.7 Å². The van der Waals surface area contributed by atoms with Gasteiger partial charge in [-0.25, -0.2) is 12.8 Å². The molecule has 2 aliphatic rings. The zero-order chi connectivity index (χ0) is 17.9. The molecule has 8 heteroatoms. The van der Waals surface area contributed by atoms with Crippen LogP contribution in [-0.2, 0) is 14.8 Å². The molecular formula is C17H24FN3O3S. The predicted molar refractivity (Wildman–Crippen MR) is 91.9 cm³/mol. The van der Waals surface area contributed by atoms with Gasteiger partial charge in [-0.2, -0.15) is 4.72 Å². The number of carbonyl (C=O) groups is 1. The summed E-state index contributed by atoms with van der Waals surface area (Å²) in [5, 5.41) is 6.04. The van der Waals surface area contributed by atoms with Gasteiger partial charge in [0.2, 0.25) is 15.9 Å². The van der Waals surface area contributed by atoms with Gasteiger partial charge in [-0.05, 0) is 31.0 Å². The topological polar surface area (TPSA) is 87.3 Å². The van der Waals surface area contributed by atoms with E-state index in [1.54, 1.807) is 0 Å². The largest absolute Gasteiger partial charge is 0.354 e. The average molecular weight is 369 g/mol. The van der Waals surface area contributed by atoms with Crippen molar-refractivity contribution in [2.45, 2.75) is 42.5 Å². The number of hydrogen-bond donors (Lipinski definition) is 3. The number of nitrogens with one attached hydrogen (secondary N) is 3. The second kappa shape index (κ2) is 7.39. The van der Waals surface area contributed by atoms with E-state index in [4.69, 9.17) is 0 Å². The van der Waals surface area contributed by atoms with Crippen LogP contribution in [0.4, 0.5) is 4.39 Å². The Morgan fingerprint density at radius 3 is 2.56 bits per heavy atom. The van der Waals surface area contributed by atoms with E-state index in [2.05, 4.69) is 15.4 Å². The van der Waals surface area contributed by atoms with Crippen molar-refractivity contribution >= 4 is 15.9 Å². The van der Waals surface area contributed by atoms with Crippen molar-refractivity contribution in [3.63, 3.8) is 0 Å². The van der Waals surface area contributed by atoms with Gasteiger partial charge in [-0.1, -0.05) is 25.3 Å². The molecule has 138 valence electrons. The summed E-state index contributed by atoms with van der Waals surface area (Å²) in [6.07, 6.45) is 3.45. The molecule has 3 N–H and O–H groups in total. The van der Waals surface area contributed by atoms with Crippen molar-refractivity contribution in [1.82, 2.24) is 15.4 Å². The molecule has 0 aromatic heterocycles. The van der Waals surface area contributed by atoms with Crippen molar-refractivity contribution in [1.29, 1.82) is 0 Å². The summed E-state index contributed by atoms with van der Waals surface area (Å²) in [4.78, 5) is 12.6. The number of hydrogen-bond acceptors (Lipinski definition) is 4. The molecule has 0 unspecified atom stereocenters. The molecule has 0 spiro atoms. The molecule has 1 saturated carbocycles. The van der Waals surface area contributed by atoms with E-state index >= 15 is 0 Å². The molecule has 1 aliphatic heterocycles. The average Bonchev–Trinajstić information content (AvgIpc) is 2.53.